The molecule has 7 heavy (non-hydrogen) atoms. The molecule has 0 aromatic heterocycles. The first-order chi connectivity index (χ1) is 3.41. The number of hydrogen-bond acceptors (Lipinski definition) is 3. The highest BCUT2D eigenvalue weighted by Crippen LogP contribution is 1.66. The van der Waals surface area contributed by atoms with Gasteiger partial charge in [0.05, 0.1) is 13.2 Å². The van der Waals surface area contributed by atoms with Crippen LogP contribution >= 0.6 is 0 Å². The first-order valence-corrected chi connectivity index (χ1v) is 2.04. The van der Waals surface area contributed by atoms with Gasteiger partial charge < -0.3 is 4.84 Å². The lowest BCUT2D eigenvalue weighted by molar-refractivity contribution is 0.0936. The fourth-order valence-corrected chi connectivity index (χ4v) is 0.209. The maximum Gasteiger partial charge on any atom is 0.0636 e. The van der Waals surface area contributed by atoms with E-state index >= 15 is 0 Å². The molecule has 0 radical (unpaired) electrons. The number of nitrogens with zero attached hydrogens (tertiary/aromatic N) is 1. The van der Waals surface area contributed by atoms with Gasteiger partial charge in [-0.1, -0.05) is 0 Å². The van der Waals surface area contributed by atoms with Crippen LogP contribution in [-0.2, 0) is 4.84 Å². The maximum atomic E-state index is 7.95. The van der Waals surface area contributed by atoms with Crippen LogP contribution < -0.4 is 5.48 Å². The molecular formula is C4H8N2O. The van der Waals surface area contributed by atoms with Crippen molar-refractivity contribution >= 4 is 0 Å². The van der Waals surface area contributed by atoms with Gasteiger partial charge in [-0.25, -0.2) is 5.48 Å². The molecule has 0 aromatic rings. The SMILES string of the molecule is CONCCC#N. The predicted molar refractivity (Wildman–Crippen MR) is 25.2 cm³/mol. The Morgan fingerprint density at radius 2 is 2.57 bits per heavy atom. The van der Waals surface area contributed by atoms with E-state index < -0.39 is 0 Å². The van der Waals surface area contributed by atoms with Gasteiger partial charge in [-0.3, -0.25) is 0 Å². The number of rotatable bonds is 3. The summed E-state index contributed by atoms with van der Waals surface area (Å²) in [5.74, 6) is 0. The number of nitriles is 1. The van der Waals surface area contributed by atoms with E-state index in [1.165, 1.54) is 7.11 Å². The van der Waals surface area contributed by atoms with Crippen LogP contribution in [0, 0.1) is 11.3 Å². The molecule has 0 saturated carbocycles. The third-order valence-corrected chi connectivity index (χ3v) is 0.483. The molecule has 0 aliphatic heterocycles. The lowest BCUT2D eigenvalue weighted by atomic mass is 10.5. The van der Waals surface area contributed by atoms with Crippen molar-refractivity contribution in [2.75, 3.05) is 13.7 Å². The van der Waals surface area contributed by atoms with Crippen molar-refractivity contribution in [3.05, 3.63) is 0 Å². The molecule has 0 fully saturated rings. The normalized spacial score (nSPS) is 8.00. The second-order valence-electron chi connectivity index (χ2n) is 1.01. The summed E-state index contributed by atoms with van der Waals surface area (Å²) in [6, 6.07) is 1.96. The zero-order valence-corrected chi connectivity index (χ0v) is 4.27. The summed E-state index contributed by atoms with van der Waals surface area (Å²) in [7, 11) is 1.53. The zero-order chi connectivity index (χ0) is 5.54. The van der Waals surface area contributed by atoms with Gasteiger partial charge in [0.1, 0.15) is 0 Å². The summed E-state index contributed by atoms with van der Waals surface area (Å²) in [5, 5.41) is 7.95. The summed E-state index contributed by atoms with van der Waals surface area (Å²) < 4.78 is 0. The fraction of sp³-hybridized carbons (Fsp3) is 0.750. The quantitative estimate of drug-likeness (QED) is 0.402. The van der Waals surface area contributed by atoms with Gasteiger partial charge in [0.2, 0.25) is 0 Å². The van der Waals surface area contributed by atoms with E-state index in [0.29, 0.717) is 13.0 Å². The highest BCUT2D eigenvalue weighted by atomic mass is 16.6. The van der Waals surface area contributed by atoms with Crippen molar-refractivity contribution in [2.24, 2.45) is 0 Å². The van der Waals surface area contributed by atoms with Crippen molar-refractivity contribution in [1.82, 2.24) is 5.48 Å². The molecule has 3 heteroatoms. The lowest BCUT2D eigenvalue weighted by Crippen LogP contribution is -2.11. The van der Waals surface area contributed by atoms with Gasteiger partial charge in [-0.05, 0) is 0 Å². The summed E-state index contributed by atoms with van der Waals surface area (Å²) in [4.78, 5) is 4.44. The monoisotopic (exact) mass is 100 g/mol. The first-order valence-electron chi connectivity index (χ1n) is 2.04. The van der Waals surface area contributed by atoms with Gasteiger partial charge in [0, 0.05) is 13.0 Å². The molecule has 0 heterocycles. The van der Waals surface area contributed by atoms with E-state index in [0.717, 1.165) is 0 Å². The van der Waals surface area contributed by atoms with Crippen molar-refractivity contribution in [3.8, 4) is 6.07 Å². The first kappa shape index (κ1) is 6.41. The Labute approximate surface area is 42.8 Å². The number of nitrogens with one attached hydrogen (secondary N) is 1. The third-order valence-electron chi connectivity index (χ3n) is 0.483. The molecule has 0 rings (SSSR count). The van der Waals surface area contributed by atoms with Crippen molar-refractivity contribution in [1.29, 1.82) is 5.26 Å². The lowest BCUT2D eigenvalue weighted by Gasteiger charge is -1.91. The van der Waals surface area contributed by atoms with Crippen LogP contribution in [0.4, 0.5) is 0 Å². The molecule has 0 aliphatic carbocycles. The molecule has 0 aromatic carbocycles. The summed E-state index contributed by atoms with van der Waals surface area (Å²) in [6.45, 7) is 0.604. The summed E-state index contributed by atoms with van der Waals surface area (Å²) in [6.07, 6.45) is 0.494. The van der Waals surface area contributed by atoms with E-state index in [9.17, 15) is 0 Å². The Morgan fingerprint density at radius 3 is 3.00 bits per heavy atom. The summed E-state index contributed by atoms with van der Waals surface area (Å²) in [5.41, 5.74) is 2.53. The highest BCUT2D eigenvalue weighted by molar-refractivity contribution is 4.68. The molecule has 0 saturated heterocycles. The van der Waals surface area contributed by atoms with E-state index in [4.69, 9.17) is 5.26 Å². The van der Waals surface area contributed by atoms with Crippen LogP contribution in [0.1, 0.15) is 6.42 Å². The zero-order valence-electron chi connectivity index (χ0n) is 4.27. The van der Waals surface area contributed by atoms with Gasteiger partial charge in [-0.2, -0.15) is 5.26 Å². The minimum Gasteiger partial charge on any atom is -0.305 e. The topological polar surface area (TPSA) is 45.0 Å². The Balaban J connectivity index is 2.60. The molecule has 1 N–H and O–H groups in total. The third kappa shape index (κ3) is 5.41. The Bertz CT molecular complexity index is 66.6. The Morgan fingerprint density at radius 1 is 1.86 bits per heavy atom. The van der Waals surface area contributed by atoms with Crippen LogP contribution in [0.2, 0.25) is 0 Å². The number of hydroxylamine groups is 1. The second-order valence-corrected chi connectivity index (χ2v) is 1.01. The molecular weight excluding hydrogens is 92.1 g/mol. The van der Waals surface area contributed by atoms with Crippen LogP contribution in [0.15, 0.2) is 0 Å². The standard InChI is InChI=1S/C4H8N2O/c1-7-6-4-2-3-5/h6H,2,4H2,1H3. The molecule has 0 unspecified atom stereocenters. The minimum atomic E-state index is 0.494. The van der Waals surface area contributed by atoms with Crippen molar-refractivity contribution in [2.45, 2.75) is 6.42 Å². The van der Waals surface area contributed by atoms with E-state index in [2.05, 4.69) is 10.3 Å². The van der Waals surface area contributed by atoms with E-state index in [-0.39, 0.29) is 0 Å². The molecule has 0 aliphatic rings. The average molecular weight is 100 g/mol. The van der Waals surface area contributed by atoms with Gasteiger partial charge in [0.25, 0.3) is 0 Å². The Kier molecular flexibility index (Phi) is 4.95. The van der Waals surface area contributed by atoms with Crippen LogP contribution in [0.5, 0.6) is 0 Å². The van der Waals surface area contributed by atoms with Crippen molar-refractivity contribution < 1.29 is 4.84 Å². The molecule has 0 spiro atoms. The number of hydrogen-bond donors (Lipinski definition) is 1. The van der Waals surface area contributed by atoms with Crippen LogP contribution in [0.25, 0.3) is 0 Å². The average Bonchev–Trinajstić information content (AvgIpc) is 1.69. The largest absolute Gasteiger partial charge is 0.305 e. The van der Waals surface area contributed by atoms with Crippen molar-refractivity contribution in [3.63, 3.8) is 0 Å². The van der Waals surface area contributed by atoms with Gasteiger partial charge in [0.15, 0.2) is 0 Å². The second kappa shape index (κ2) is 5.41. The molecule has 0 atom stereocenters. The summed E-state index contributed by atoms with van der Waals surface area (Å²) >= 11 is 0. The molecule has 40 valence electrons. The van der Waals surface area contributed by atoms with E-state index in [1.54, 1.807) is 0 Å². The van der Waals surface area contributed by atoms with Crippen LogP contribution in [-0.4, -0.2) is 13.7 Å². The highest BCUT2D eigenvalue weighted by Gasteiger charge is 1.76. The van der Waals surface area contributed by atoms with Crippen LogP contribution in [0.3, 0.4) is 0 Å². The Hall–Kier alpha value is -0.590. The van der Waals surface area contributed by atoms with Gasteiger partial charge in [-0.15, -0.1) is 0 Å². The predicted octanol–water partition coefficient (Wildman–Crippen LogP) is 0.0511. The molecule has 0 bridgehead atoms. The maximum absolute atomic E-state index is 7.95. The fourth-order valence-electron chi connectivity index (χ4n) is 0.209. The molecule has 0 amide bonds. The molecule has 3 nitrogen and oxygen atoms in total. The minimum absolute atomic E-state index is 0.494. The smallest absolute Gasteiger partial charge is 0.0636 e. The van der Waals surface area contributed by atoms with E-state index in [1.807, 2.05) is 6.07 Å². The van der Waals surface area contributed by atoms with Gasteiger partial charge >= 0.3 is 0 Å².